The van der Waals surface area contributed by atoms with Gasteiger partial charge in [-0.3, -0.25) is 19.2 Å². The smallest absolute Gasteiger partial charge is 0.255 e. The molecule has 4 N–H and O–H groups in total. The maximum absolute atomic E-state index is 13.4. The zero-order valence-corrected chi connectivity index (χ0v) is 24.6. The lowest BCUT2D eigenvalue weighted by molar-refractivity contribution is -0.132. The first-order valence-electron chi connectivity index (χ1n) is 15.0. The van der Waals surface area contributed by atoms with Crippen LogP contribution in [0.4, 0.5) is 0 Å². The molecule has 0 radical (unpaired) electrons. The first-order chi connectivity index (χ1) is 20.3. The molecule has 226 valence electrons. The molecule has 10 heteroatoms. The van der Waals surface area contributed by atoms with E-state index in [1.54, 1.807) is 24.3 Å². The van der Waals surface area contributed by atoms with Crippen molar-refractivity contribution in [2.45, 2.75) is 64.1 Å². The highest BCUT2D eigenvalue weighted by atomic mass is 16.5. The van der Waals surface area contributed by atoms with E-state index in [4.69, 9.17) is 4.74 Å². The first-order valence-corrected chi connectivity index (χ1v) is 15.0. The SMILES string of the molecule is CC(C)[C@@H]1NC(=O)C[C@@H](C(=O)NCCN2CCCCC2)NC(=O)c2ccccc2OC[C@@H](Cc2ccccc2)NC1=O. The second-order valence-electron chi connectivity index (χ2n) is 11.4. The summed E-state index contributed by atoms with van der Waals surface area (Å²) in [5.74, 6) is -1.69. The molecule has 4 amide bonds. The van der Waals surface area contributed by atoms with Crippen molar-refractivity contribution in [2.75, 3.05) is 32.8 Å². The fourth-order valence-corrected chi connectivity index (χ4v) is 5.35. The normalized spacial score (nSPS) is 22.5. The lowest BCUT2D eigenvalue weighted by Crippen LogP contribution is -2.56. The third-order valence-corrected chi connectivity index (χ3v) is 7.70. The van der Waals surface area contributed by atoms with Crippen molar-refractivity contribution in [1.29, 1.82) is 0 Å². The minimum absolute atomic E-state index is 0.101. The molecule has 0 bridgehead atoms. The summed E-state index contributed by atoms with van der Waals surface area (Å²) in [4.78, 5) is 55.6. The molecule has 42 heavy (non-hydrogen) atoms. The second-order valence-corrected chi connectivity index (χ2v) is 11.4. The van der Waals surface area contributed by atoms with Crippen LogP contribution in [0.2, 0.25) is 0 Å². The van der Waals surface area contributed by atoms with Crippen molar-refractivity contribution in [3.63, 3.8) is 0 Å². The topological polar surface area (TPSA) is 129 Å². The third kappa shape index (κ3) is 9.04. The van der Waals surface area contributed by atoms with Crippen molar-refractivity contribution >= 4 is 23.6 Å². The van der Waals surface area contributed by atoms with E-state index in [1.807, 2.05) is 44.2 Å². The van der Waals surface area contributed by atoms with E-state index in [1.165, 1.54) is 6.42 Å². The highest BCUT2D eigenvalue weighted by Crippen LogP contribution is 2.20. The summed E-state index contributed by atoms with van der Waals surface area (Å²) in [7, 11) is 0. The molecule has 2 heterocycles. The van der Waals surface area contributed by atoms with Gasteiger partial charge in [-0.05, 0) is 56.0 Å². The largest absolute Gasteiger partial charge is 0.491 e. The molecule has 0 unspecified atom stereocenters. The Kier molecular flexibility index (Phi) is 11.3. The molecule has 4 rings (SSSR count). The molecule has 2 aliphatic rings. The number of hydrogen-bond donors (Lipinski definition) is 4. The van der Waals surface area contributed by atoms with Crippen molar-refractivity contribution in [2.24, 2.45) is 5.92 Å². The zero-order valence-electron chi connectivity index (χ0n) is 24.6. The van der Waals surface area contributed by atoms with Gasteiger partial charge in [-0.1, -0.05) is 62.7 Å². The molecule has 1 fully saturated rings. The van der Waals surface area contributed by atoms with Crippen molar-refractivity contribution in [3.8, 4) is 5.75 Å². The van der Waals surface area contributed by atoms with E-state index >= 15 is 0 Å². The van der Waals surface area contributed by atoms with Crippen LogP contribution in [-0.4, -0.2) is 79.4 Å². The Morgan fingerprint density at radius 2 is 1.67 bits per heavy atom. The van der Waals surface area contributed by atoms with Gasteiger partial charge in [-0.2, -0.15) is 0 Å². The predicted molar refractivity (Wildman–Crippen MR) is 160 cm³/mol. The quantitative estimate of drug-likeness (QED) is 0.399. The molecular formula is C32H43N5O5. The molecule has 2 aromatic rings. The van der Waals surface area contributed by atoms with Crippen LogP contribution in [0.5, 0.6) is 5.75 Å². The number of carbonyl (C=O) groups is 4. The number of piperidine rings is 1. The van der Waals surface area contributed by atoms with E-state index in [-0.39, 0.29) is 30.4 Å². The summed E-state index contributed by atoms with van der Waals surface area (Å²) in [5.41, 5.74) is 1.25. The van der Waals surface area contributed by atoms with Gasteiger partial charge < -0.3 is 30.9 Å². The summed E-state index contributed by atoms with van der Waals surface area (Å²) in [6.07, 6.45) is 3.70. The van der Waals surface area contributed by atoms with Gasteiger partial charge in [0.25, 0.3) is 5.91 Å². The van der Waals surface area contributed by atoms with E-state index in [0.717, 1.165) is 31.5 Å². The summed E-state index contributed by atoms with van der Waals surface area (Å²) in [6, 6.07) is 14.1. The van der Waals surface area contributed by atoms with Crippen molar-refractivity contribution in [3.05, 3.63) is 65.7 Å². The van der Waals surface area contributed by atoms with E-state index in [2.05, 4.69) is 26.2 Å². The highest BCUT2D eigenvalue weighted by molar-refractivity contribution is 6.01. The second kappa shape index (κ2) is 15.3. The Morgan fingerprint density at radius 1 is 0.952 bits per heavy atom. The van der Waals surface area contributed by atoms with Gasteiger partial charge in [0.05, 0.1) is 18.0 Å². The number of amides is 4. The minimum Gasteiger partial charge on any atom is -0.491 e. The number of para-hydroxylation sites is 1. The Hall–Kier alpha value is -3.92. The Morgan fingerprint density at radius 3 is 2.40 bits per heavy atom. The molecular weight excluding hydrogens is 534 g/mol. The molecule has 3 atom stereocenters. The number of ether oxygens (including phenoxy) is 1. The predicted octanol–water partition coefficient (Wildman–Crippen LogP) is 2.04. The number of nitrogens with one attached hydrogen (secondary N) is 4. The monoisotopic (exact) mass is 577 g/mol. The van der Waals surface area contributed by atoms with E-state index in [0.29, 0.717) is 25.3 Å². The number of benzene rings is 2. The number of rotatable bonds is 7. The van der Waals surface area contributed by atoms with Gasteiger partial charge >= 0.3 is 0 Å². The lowest BCUT2D eigenvalue weighted by atomic mass is 10.0. The van der Waals surface area contributed by atoms with Crippen LogP contribution in [0.25, 0.3) is 0 Å². The van der Waals surface area contributed by atoms with Gasteiger partial charge in [0.2, 0.25) is 17.7 Å². The number of fused-ring (bicyclic) bond motifs is 1. The standard InChI is InChI=1S/C32H43N5O5/c1-22(2)29-32(41)34-24(19-23-11-5-3-6-12-23)21-42-27-14-8-7-13-25(27)30(39)35-26(20-28(38)36-29)31(40)33-15-18-37-16-9-4-10-17-37/h3,5-8,11-14,22,24,26,29H,4,9-10,15-21H2,1-2H3,(H,33,40)(H,34,41)(H,35,39)(H,36,38)/t24-,26+,29+/m1/s1. The number of hydrogen-bond acceptors (Lipinski definition) is 6. The minimum atomic E-state index is -1.13. The molecule has 10 nitrogen and oxygen atoms in total. The molecule has 2 aromatic carbocycles. The number of carbonyl (C=O) groups excluding carboxylic acids is 4. The summed E-state index contributed by atoms with van der Waals surface area (Å²) >= 11 is 0. The summed E-state index contributed by atoms with van der Waals surface area (Å²) in [5, 5.41) is 11.5. The molecule has 0 aromatic heterocycles. The van der Waals surface area contributed by atoms with Crippen LogP contribution in [0, 0.1) is 5.92 Å². The Labute approximate surface area is 247 Å². The number of nitrogens with zero attached hydrogens (tertiary/aromatic N) is 1. The number of likely N-dealkylation sites (tertiary alicyclic amines) is 1. The molecule has 1 saturated heterocycles. The van der Waals surface area contributed by atoms with Crippen molar-refractivity contribution in [1.82, 2.24) is 26.2 Å². The lowest BCUT2D eigenvalue weighted by Gasteiger charge is -2.28. The van der Waals surface area contributed by atoms with Gasteiger partial charge in [0, 0.05) is 13.1 Å². The maximum atomic E-state index is 13.4. The van der Waals surface area contributed by atoms with Gasteiger partial charge in [-0.25, -0.2) is 0 Å². The first kappa shape index (κ1) is 31.0. The fourth-order valence-electron chi connectivity index (χ4n) is 5.35. The van der Waals surface area contributed by atoms with Crippen LogP contribution < -0.4 is 26.0 Å². The Balaban J connectivity index is 1.55. The third-order valence-electron chi connectivity index (χ3n) is 7.70. The summed E-state index contributed by atoms with van der Waals surface area (Å²) in [6.45, 7) is 6.91. The Bertz CT molecular complexity index is 1210. The van der Waals surface area contributed by atoms with Crippen LogP contribution >= 0.6 is 0 Å². The molecule has 2 aliphatic heterocycles. The molecule has 0 spiro atoms. The average molecular weight is 578 g/mol. The van der Waals surface area contributed by atoms with E-state index < -0.39 is 35.8 Å². The fraction of sp³-hybridized carbons (Fsp3) is 0.500. The van der Waals surface area contributed by atoms with Crippen LogP contribution in [0.1, 0.15) is 55.5 Å². The highest BCUT2D eigenvalue weighted by Gasteiger charge is 2.31. The van der Waals surface area contributed by atoms with Crippen LogP contribution in [0.15, 0.2) is 54.6 Å². The molecule has 0 saturated carbocycles. The van der Waals surface area contributed by atoms with Crippen LogP contribution in [-0.2, 0) is 20.8 Å². The molecule has 0 aliphatic carbocycles. The maximum Gasteiger partial charge on any atom is 0.255 e. The zero-order chi connectivity index (χ0) is 29.9. The average Bonchev–Trinajstić information content (AvgIpc) is 2.98. The van der Waals surface area contributed by atoms with Gasteiger partial charge in [0.1, 0.15) is 24.4 Å². The van der Waals surface area contributed by atoms with Gasteiger partial charge in [0.15, 0.2) is 0 Å². The van der Waals surface area contributed by atoms with Crippen molar-refractivity contribution < 1.29 is 23.9 Å². The van der Waals surface area contributed by atoms with Gasteiger partial charge in [-0.15, -0.1) is 0 Å². The van der Waals surface area contributed by atoms with E-state index in [9.17, 15) is 19.2 Å². The summed E-state index contributed by atoms with van der Waals surface area (Å²) < 4.78 is 6.11. The van der Waals surface area contributed by atoms with Crippen LogP contribution in [0.3, 0.4) is 0 Å².